The quantitative estimate of drug-likeness (QED) is 0.336. The molecule has 0 spiro atoms. The largest absolute Gasteiger partial charge is 0.388 e. The average molecular weight is 325 g/mol. The predicted octanol–water partition coefficient (Wildman–Crippen LogP) is 7.26. The molecule has 0 unspecified atom stereocenters. The summed E-state index contributed by atoms with van der Waals surface area (Å²) < 4.78 is 0. The number of unbranched alkanes of at least 4 members (excludes halogenated alkanes) is 12. The normalized spacial score (nSPS) is 12.6. The smallest absolute Gasteiger partial charge is 0.0882 e. The second-order valence-electron chi connectivity index (χ2n) is 6.56. The van der Waals surface area contributed by atoms with Gasteiger partial charge in [-0.15, -0.1) is 11.3 Å². The molecule has 1 heterocycles. The summed E-state index contributed by atoms with van der Waals surface area (Å²) >= 11 is 1.67. The van der Waals surface area contributed by atoms with Gasteiger partial charge in [0.25, 0.3) is 0 Å². The lowest BCUT2D eigenvalue weighted by atomic mass is 10.0. The van der Waals surface area contributed by atoms with Gasteiger partial charge in [0.05, 0.1) is 6.10 Å². The van der Waals surface area contributed by atoms with Gasteiger partial charge in [0.2, 0.25) is 0 Å². The first kappa shape index (κ1) is 19.7. The Morgan fingerprint density at radius 3 is 1.77 bits per heavy atom. The first-order chi connectivity index (χ1) is 10.8. The highest BCUT2D eigenvalue weighted by atomic mass is 32.1. The number of rotatable bonds is 15. The lowest BCUT2D eigenvalue weighted by molar-refractivity contribution is 0.167. The Morgan fingerprint density at radius 2 is 1.32 bits per heavy atom. The molecule has 0 saturated heterocycles. The van der Waals surface area contributed by atoms with Crippen molar-refractivity contribution in [1.29, 1.82) is 0 Å². The highest BCUT2D eigenvalue weighted by Gasteiger charge is 2.07. The third-order valence-electron chi connectivity index (χ3n) is 4.45. The molecule has 0 bridgehead atoms. The Kier molecular flexibility index (Phi) is 12.8. The van der Waals surface area contributed by atoms with Crippen molar-refractivity contribution in [2.24, 2.45) is 0 Å². The van der Waals surface area contributed by atoms with Crippen molar-refractivity contribution in [2.45, 2.75) is 103 Å². The maximum absolute atomic E-state index is 10.00. The van der Waals surface area contributed by atoms with Gasteiger partial charge in [0, 0.05) is 4.88 Å². The molecular weight excluding hydrogens is 288 g/mol. The fourth-order valence-electron chi connectivity index (χ4n) is 2.98. The molecule has 2 heteroatoms. The van der Waals surface area contributed by atoms with E-state index in [2.05, 4.69) is 6.92 Å². The minimum absolute atomic E-state index is 0.229. The minimum atomic E-state index is -0.229. The van der Waals surface area contributed by atoms with Crippen LogP contribution < -0.4 is 0 Å². The van der Waals surface area contributed by atoms with Gasteiger partial charge in [-0.25, -0.2) is 0 Å². The molecule has 1 N–H and O–H groups in total. The van der Waals surface area contributed by atoms with Crippen LogP contribution in [0.5, 0.6) is 0 Å². The van der Waals surface area contributed by atoms with Crippen molar-refractivity contribution in [3.63, 3.8) is 0 Å². The van der Waals surface area contributed by atoms with E-state index in [4.69, 9.17) is 0 Å². The molecule has 1 aromatic heterocycles. The maximum Gasteiger partial charge on any atom is 0.0882 e. The average Bonchev–Trinajstić information content (AvgIpc) is 3.06. The van der Waals surface area contributed by atoms with Crippen molar-refractivity contribution in [3.8, 4) is 0 Å². The van der Waals surface area contributed by atoms with Crippen molar-refractivity contribution in [2.75, 3.05) is 0 Å². The fraction of sp³-hybridized carbons (Fsp3) is 0.800. The van der Waals surface area contributed by atoms with Gasteiger partial charge >= 0.3 is 0 Å². The second-order valence-corrected chi connectivity index (χ2v) is 7.54. The van der Waals surface area contributed by atoms with Crippen LogP contribution >= 0.6 is 11.3 Å². The van der Waals surface area contributed by atoms with Crippen LogP contribution in [0.3, 0.4) is 0 Å². The van der Waals surface area contributed by atoms with Crippen molar-refractivity contribution in [1.82, 2.24) is 0 Å². The lowest BCUT2D eigenvalue weighted by Crippen LogP contribution is -1.94. The number of hydrogen-bond donors (Lipinski definition) is 1. The van der Waals surface area contributed by atoms with Crippen molar-refractivity contribution >= 4 is 11.3 Å². The van der Waals surface area contributed by atoms with Crippen LogP contribution in [-0.4, -0.2) is 5.11 Å². The van der Waals surface area contributed by atoms with Crippen LogP contribution in [0.4, 0.5) is 0 Å². The van der Waals surface area contributed by atoms with Crippen molar-refractivity contribution < 1.29 is 5.11 Å². The van der Waals surface area contributed by atoms with Crippen LogP contribution in [0.1, 0.15) is 108 Å². The van der Waals surface area contributed by atoms with E-state index >= 15 is 0 Å². The first-order valence-electron chi connectivity index (χ1n) is 9.56. The SMILES string of the molecule is CCCCCCCCCCCCCCC[C@@H](O)c1cccs1. The summed E-state index contributed by atoms with van der Waals surface area (Å²) in [7, 11) is 0. The van der Waals surface area contributed by atoms with Gasteiger partial charge in [0.15, 0.2) is 0 Å². The summed E-state index contributed by atoms with van der Waals surface area (Å²) in [5.41, 5.74) is 0. The molecule has 1 rings (SSSR count). The molecule has 0 radical (unpaired) electrons. The summed E-state index contributed by atoms with van der Waals surface area (Å²) in [5, 5.41) is 12.0. The predicted molar refractivity (Wildman–Crippen MR) is 99.6 cm³/mol. The van der Waals surface area contributed by atoms with Gasteiger partial charge in [0.1, 0.15) is 0 Å². The Morgan fingerprint density at radius 1 is 0.818 bits per heavy atom. The van der Waals surface area contributed by atoms with Crippen LogP contribution in [0, 0.1) is 0 Å². The Balaban J connectivity index is 1.76. The van der Waals surface area contributed by atoms with Gasteiger partial charge in [-0.05, 0) is 17.9 Å². The third kappa shape index (κ3) is 10.4. The summed E-state index contributed by atoms with van der Waals surface area (Å²) in [6.07, 6.45) is 18.7. The standard InChI is InChI=1S/C20H36OS/c1-2-3-4-5-6-7-8-9-10-11-12-13-14-16-19(21)20-17-15-18-22-20/h15,17-19,21H,2-14,16H2,1H3/t19-/m1/s1. The molecule has 1 atom stereocenters. The number of aliphatic hydroxyl groups is 1. The Bertz CT molecular complexity index is 320. The molecule has 0 saturated carbocycles. The molecule has 1 aromatic rings. The topological polar surface area (TPSA) is 20.2 Å². The van der Waals surface area contributed by atoms with E-state index < -0.39 is 0 Å². The zero-order valence-corrected chi connectivity index (χ0v) is 15.4. The summed E-state index contributed by atoms with van der Waals surface area (Å²) in [6, 6.07) is 4.06. The molecule has 0 aliphatic rings. The van der Waals surface area contributed by atoms with E-state index in [0.29, 0.717) is 0 Å². The monoisotopic (exact) mass is 324 g/mol. The lowest BCUT2D eigenvalue weighted by Gasteiger charge is -2.08. The maximum atomic E-state index is 10.00. The molecule has 0 aliphatic heterocycles. The van der Waals surface area contributed by atoms with Crippen molar-refractivity contribution in [3.05, 3.63) is 22.4 Å². The summed E-state index contributed by atoms with van der Waals surface area (Å²) in [4.78, 5) is 1.12. The molecule has 1 nitrogen and oxygen atoms in total. The molecule has 0 aliphatic carbocycles. The molecule has 0 amide bonds. The van der Waals surface area contributed by atoms with E-state index in [0.717, 1.165) is 17.7 Å². The molecule has 0 aromatic carbocycles. The minimum Gasteiger partial charge on any atom is -0.388 e. The highest BCUT2D eigenvalue weighted by Crippen LogP contribution is 2.24. The summed E-state index contributed by atoms with van der Waals surface area (Å²) in [6.45, 7) is 2.28. The van der Waals surface area contributed by atoms with Crippen LogP contribution in [0.15, 0.2) is 17.5 Å². The van der Waals surface area contributed by atoms with Crippen LogP contribution in [0.25, 0.3) is 0 Å². The number of hydrogen-bond acceptors (Lipinski definition) is 2. The highest BCUT2D eigenvalue weighted by molar-refractivity contribution is 7.10. The zero-order valence-electron chi connectivity index (χ0n) is 14.6. The summed E-state index contributed by atoms with van der Waals surface area (Å²) in [5.74, 6) is 0. The first-order valence-corrected chi connectivity index (χ1v) is 10.4. The second kappa shape index (κ2) is 14.3. The van der Waals surface area contributed by atoms with Crippen LogP contribution in [0.2, 0.25) is 0 Å². The molecule has 128 valence electrons. The Labute approximate surface area is 142 Å². The van der Waals surface area contributed by atoms with E-state index in [-0.39, 0.29) is 6.10 Å². The Hall–Kier alpha value is -0.340. The fourth-order valence-corrected chi connectivity index (χ4v) is 3.72. The van der Waals surface area contributed by atoms with E-state index in [1.807, 2.05) is 17.5 Å². The van der Waals surface area contributed by atoms with E-state index in [1.54, 1.807) is 11.3 Å². The molecule has 0 fully saturated rings. The van der Waals surface area contributed by atoms with Gasteiger partial charge in [-0.3, -0.25) is 0 Å². The van der Waals surface area contributed by atoms with E-state index in [9.17, 15) is 5.11 Å². The zero-order chi connectivity index (χ0) is 15.9. The van der Waals surface area contributed by atoms with Gasteiger partial charge < -0.3 is 5.11 Å². The van der Waals surface area contributed by atoms with Crippen LogP contribution in [-0.2, 0) is 0 Å². The number of aliphatic hydroxyl groups excluding tert-OH is 1. The van der Waals surface area contributed by atoms with Gasteiger partial charge in [-0.1, -0.05) is 96.5 Å². The van der Waals surface area contributed by atoms with Gasteiger partial charge in [-0.2, -0.15) is 0 Å². The van der Waals surface area contributed by atoms with E-state index in [1.165, 1.54) is 77.0 Å². The number of thiophene rings is 1. The third-order valence-corrected chi connectivity index (χ3v) is 5.43. The molecule has 22 heavy (non-hydrogen) atoms. The molecular formula is C20H36OS.